The topological polar surface area (TPSA) is 23.6 Å². The van der Waals surface area contributed by atoms with E-state index in [1.807, 2.05) is 28.5 Å². The summed E-state index contributed by atoms with van der Waals surface area (Å²) < 4.78 is 0. The van der Waals surface area contributed by atoms with Crippen molar-refractivity contribution in [1.82, 2.24) is 9.80 Å². The van der Waals surface area contributed by atoms with E-state index >= 15 is 0 Å². The summed E-state index contributed by atoms with van der Waals surface area (Å²) in [6.07, 6.45) is 3.61. The summed E-state index contributed by atoms with van der Waals surface area (Å²) in [4.78, 5) is 17.6. The van der Waals surface area contributed by atoms with Crippen LogP contribution in [0.4, 0.5) is 0 Å². The molecule has 19 heavy (non-hydrogen) atoms. The van der Waals surface area contributed by atoms with E-state index < -0.39 is 0 Å². The summed E-state index contributed by atoms with van der Waals surface area (Å²) in [6.45, 7) is 9.30. The van der Waals surface area contributed by atoms with Crippen molar-refractivity contribution in [2.24, 2.45) is 5.92 Å². The van der Waals surface area contributed by atoms with Crippen LogP contribution in [0.3, 0.4) is 0 Å². The third-order valence-electron chi connectivity index (χ3n) is 3.24. The fraction of sp³-hybridized carbons (Fsp3) is 0.533. The van der Waals surface area contributed by atoms with Crippen molar-refractivity contribution < 1.29 is 4.79 Å². The van der Waals surface area contributed by atoms with Gasteiger partial charge in [-0.15, -0.1) is 11.3 Å². The first-order valence-corrected chi connectivity index (χ1v) is 7.76. The highest BCUT2D eigenvalue weighted by Gasteiger charge is 2.19. The Morgan fingerprint density at radius 1 is 1.37 bits per heavy atom. The Morgan fingerprint density at radius 3 is 2.68 bits per heavy atom. The molecule has 1 aromatic heterocycles. The van der Waals surface area contributed by atoms with Gasteiger partial charge >= 0.3 is 0 Å². The van der Waals surface area contributed by atoms with Gasteiger partial charge in [0, 0.05) is 43.7 Å². The maximum absolute atomic E-state index is 12.0. The number of thiophene rings is 1. The van der Waals surface area contributed by atoms with Gasteiger partial charge in [0.1, 0.15) is 0 Å². The van der Waals surface area contributed by atoms with Gasteiger partial charge in [0.2, 0.25) is 5.91 Å². The number of nitrogens with zero attached hydrogens (tertiary/aromatic N) is 2. The zero-order chi connectivity index (χ0) is 13.7. The van der Waals surface area contributed by atoms with Crippen LogP contribution in [0.25, 0.3) is 6.08 Å². The smallest absolute Gasteiger partial charge is 0.246 e. The average molecular weight is 278 g/mol. The molecule has 3 nitrogen and oxygen atoms in total. The molecule has 1 fully saturated rings. The van der Waals surface area contributed by atoms with Crippen LogP contribution >= 0.6 is 11.3 Å². The molecule has 1 aliphatic rings. The standard InChI is InChI=1S/C15H22N2OS/c1-13(2)12-16-7-9-17(10-8-16)15(18)6-5-14-4-3-11-19-14/h3-6,11,13H,7-10,12H2,1-2H3/b6-5+. The molecule has 0 saturated carbocycles. The molecular weight excluding hydrogens is 256 g/mol. The zero-order valence-electron chi connectivity index (χ0n) is 11.7. The largest absolute Gasteiger partial charge is 0.337 e. The Balaban J connectivity index is 1.79. The van der Waals surface area contributed by atoms with E-state index in [4.69, 9.17) is 0 Å². The van der Waals surface area contributed by atoms with Crippen LogP contribution in [0.1, 0.15) is 18.7 Å². The molecule has 0 aromatic carbocycles. The number of hydrogen-bond acceptors (Lipinski definition) is 3. The molecule has 0 N–H and O–H groups in total. The van der Waals surface area contributed by atoms with E-state index in [2.05, 4.69) is 18.7 Å². The zero-order valence-corrected chi connectivity index (χ0v) is 12.5. The Kier molecular flexibility index (Phi) is 5.16. The molecule has 104 valence electrons. The lowest BCUT2D eigenvalue weighted by Crippen LogP contribution is -2.49. The second kappa shape index (κ2) is 6.87. The van der Waals surface area contributed by atoms with Gasteiger partial charge in [-0.25, -0.2) is 0 Å². The first-order chi connectivity index (χ1) is 9.15. The second-order valence-electron chi connectivity index (χ2n) is 5.37. The van der Waals surface area contributed by atoms with E-state index in [9.17, 15) is 4.79 Å². The second-order valence-corrected chi connectivity index (χ2v) is 6.35. The average Bonchev–Trinajstić information content (AvgIpc) is 2.89. The van der Waals surface area contributed by atoms with E-state index in [-0.39, 0.29) is 5.91 Å². The molecule has 0 atom stereocenters. The number of carbonyl (C=O) groups is 1. The Hall–Kier alpha value is -1.13. The molecule has 4 heteroatoms. The number of carbonyl (C=O) groups excluding carboxylic acids is 1. The van der Waals surface area contributed by atoms with Crippen molar-refractivity contribution in [2.75, 3.05) is 32.7 Å². The molecule has 0 bridgehead atoms. The van der Waals surface area contributed by atoms with Gasteiger partial charge in [0.25, 0.3) is 0 Å². The number of piperazine rings is 1. The minimum atomic E-state index is 0.137. The van der Waals surface area contributed by atoms with Gasteiger partial charge in [-0.05, 0) is 23.4 Å². The quantitative estimate of drug-likeness (QED) is 0.790. The van der Waals surface area contributed by atoms with Crippen LogP contribution in [0.15, 0.2) is 23.6 Å². The highest BCUT2D eigenvalue weighted by molar-refractivity contribution is 7.10. The first-order valence-electron chi connectivity index (χ1n) is 6.88. The molecule has 0 aliphatic carbocycles. The molecule has 1 amide bonds. The van der Waals surface area contributed by atoms with E-state index in [0.717, 1.165) is 37.6 Å². The van der Waals surface area contributed by atoms with Crippen LogP contribution < -0.4 is 0 Å². The normalized spacial score (nSPS) is 17.5. The molecule has 0 spiro atoms. The third kappa shape index (κ3) is 4.48. The molecule has 1 aromatic rings. The van der Waals surface area contributed by atoms with Gasteiger partial charge in [-0.1, -0.05) is 19.9 Å². The molecule has 0 unspecified atom stereocenters. The minimum Gasteiger partial charge on any atom is -0.337 e. The summed E-state index contributed by atoms with van der Waals surface area (Å²) in [6, 6.07) is 4.02. The van der Waals surface area contributed by atoms with Gasteiger partial charge in [0.05, 0.1) is 0 Å². The van der Waals surface area contributed by atoms with Crippen LogP contribution in [-0.2, 0) is 4.79 Å². The summed E-state index contributed by atoms with van der Waals surface area (Å²) >= 11 is 1.65. The lowest BCUT2D eigenvalue weighted by atomic mass is 10.2. The number of hydrogen-bond donors (Lipinski definition) is 0. The maximum Gasteiger partial charge on any atom is 0.246 e. The lowest BCUT2D eigenvalue weighted by Gasteiger charge is -2.35. The summed E-state index contributed by atoms with van der Waals surface area (Å²) in [5, 5.41) is 2.02. The molecule has 1 aliphatic heterocycles. The predicted octanol–water partition coefficient (Wildman–Crippen LogP) is 2.56. The molecule has 0 radical (unpaired) electrons. The Labute approximate surface area is 119 Å². The van der Waals surface area contributed by atoms with Gasteiger partial charge in [-0.2, -0.15) is 0 Å². The van der Waals surface area contributed by atoms with Crippen molar-refractivity contribution in [2.45, 2.75) is 13.8 Å². The van der Waals surface area contributed by atoms with Crippen molar-refractivity contribution in [1.29, 1.82) is 0 Å². The van der Waals surface area contributed by atoms with Crippen molar-refractivity contribution in [3.05, 3.63) is 28.5 Å². The van der Waals surface area contributed by atoms with E-state index in [1.165, 1.54) is 0 Å². The van der Waals surface area contributed by atoms with Crippen LogP contribution in [0.2, 0.25) is 0 Å². The molecule has 1 saturated heterocycles. The SMILES string of the molecule is CC(C)CN1CCN(C(=O)/C=C/c2cccs2)CC1. The molecule has 2 heterocycles. The number of rotatable bonds is 4. The fourth-order valence-corrected chi connectivity index (χ4v) is 2.93. The highest BCUT2D eigenvalue weighted by atomic mass is 32.1. The summed E-state index contributed by atoms with van der Waals surface area (Å²) in [7, 11) is 0. The Morgan fingerprint density at radius 2 is 2.11 bits per heavy atom. The van der Waals surface area contributed by atoms with E-state index in [0.29, 0.717) is 5.92 Å². The Bertz CT molecular complexity index is 417. The molecule has 2 rings (SSSR count). The van der Waals surface area contributed by atoms with Crippen molar-refractivity contribution in [3.8, 4) is 0 Å². The predicted molar refractivity (Wildman–Crippen MR) is 81.2 cm³/mol. The van der Waals surface area contributed by atoms with Crippen LogP contribution in [0.5, 0.6) is 0 Å². The van der Waals surface area contributed by atoms with Gasteiger partial charge in [0.15, 0.2) is 0 Å². The van der Waals surface area contributed by atoms with Crippen LogP contribution in [0, 0.1) is 5.92 Å². The number of amides is 1. The van der Waals surface area contributed by atoms with Crippen molar-refractivity contribution >= 4 is 23.3 Å². The highest BCUT2D eigenvalue weighted by Crippen LogP contribution is 2.11. The van der Waals surface area contributed by atoms with Crippen molar-refractivity contribution in [3.63, 3.8) is 0 Å². The maximum atomic E-state index is 12.0. The van der Waals surface area contributed by atoms with E-state index in [1.54, 1.807) is 17.4 Å². The first kappa shape index (κ1) is 14.3. The monoisotopic (exact) mass is 278 g/mol. The third-order valence-corrected chi connectivity index (χ3v) is 4.08. The minimum absolute atomic E-state index is 0.137. The lowest BCUT2D eigenvalue weighted by molar-refractivity contribution is -0.127. The van der Waals surface area contributed by atoms with Gasteiger partial charge in [-0.3, -0.25) is 9.69 Å². The molecular formula is C15H22N2OS. The fourth-order valence-electron chi connectivity index (χ4n) is 2.31. The van der Waals surface area contributed by atoms with Crippen LogP contribution in [-0.4, -0.2) is 48.4 Å². The summed E-state index contributed by atoms with van der Waals surface area (Å²) in [5.41, 5.74) is 0. The van der Waals surface area contributed by atoms with Gasteiger partial charge < -0.3 is 4.90 Å². The summed E-state index contributed by atoms with van der Waals surface area (Å²) in [5.74, 6) is 0.832.